The summed E-state index contributed by atoms with van der Waals surface area (Å²) in [5.74, 6) is -0.899. The number of rotatable bonds is 5. The smallest absolute Gasteiger partial charge is 0.364 e. The third-order valence-corrected chi connectivity index (χ3v) is 5.97. The maximum atomic E-state index is 12.6. The molecule has 0 spiro atoms. The standard InChI is InChI=1S/C19H14BrClN2O4S/c1-12-2-4-13(5-3-12)11-28(25,26)19-22-10-16(21)17(23-19)18(24)27-15-8-6-14(20)7-9-15/h2-10H,11H2,1H3. The second-order valence-electron chi connectivity index (χ2n) is 5.94. The maximum absolute atomic E-state index is 12.6. The Hall–Kier alpha value is -2.29. The molecule has 0 saturated heterocycles. The molecule has 0 radical (unpaired) electrons. The lowest BCUT2D eigenvalue weighted by molar-refractivity contribution is 0.0727. The summed E-state index contributed by atoms with van der Waals surface area (Å²) in [6.07, 6.45) is 1.08. The Morgan fingerprint density at radius 3 is 2.39 bits per heavy atom. The van der Waals surface area contributed by atoms with E-state index in [0.717, 1.165) is 16.2 Å². The van der Waals surface area contributed by atoms with E-state index >= 15 is 0 Å². The summed E-state index contributed by atoms with van der Waals surface area (Å²) in [7, 11) is -3.87. The fraction of sp³-hybridized carbons (Fsp3) is 0.105. The average molecular weight is 482 g/mol. The van der Waals surface area contributed by atoms with Crippen molar-refractivity contribution in [3.63, 3.8) is 0 Å². The zero-order valence-corrected chi connectivity index (χ0v) is 17.8. The molecule has 3 aromatic rings. The third-order valence-electron chi connectivity index (χ3n) is 3.69. The molecule has 0 aliphatic rings. The van der Waals surface area contributed by atoms with Crippen molar-refractivity contribution in [1.82, 2.24) is 9.97 Å². The molecule has 0 atom stereocenters. The van der Waals surface area contributed by atoms with Gasteiger partial charge >= 0.3 is 5.97 Å². The molecular weight excluding hydrogens is 468 g/mol. The van der Waals surface area contributed by atoms with Gasteiger partial charge in [-0.25, -0.2) is 23.2 Å². The molecule has 28 heavy (non-hydrogen) atoms. The first-order valence-corrected chi connectivity index (χ1v) is 10.9. The Kier molecular flexibility index (Phi) is 6.12. The number of carbonyl (C=O) groups is 1. The van der Waals surface area contributed by atoms with E-state index in [-0.39, 0.29) is 22.2 Å². The number of nitrogens with zero attached hydrogens (tertiary/aromatic N) is 2. The van der Waals surface area contributed by atoms with Crippen molar-refractivity contribution in [2.45, 2.75) is 17.8 Å². The van der Waals surface area contributed by atoms with E-state index in [1.54, 1.807) is 36.4 Å². The van der Waals surface area contributed by atoms with Crippen LogP contribution in [0, 0.1) is 6.92 Å². The van der Waals surface area contributed by atoms with Crippen molar-refractivity contribution in [3.8, 4) is 5.75 Å². The zero-order chi connectivity index (χ0) is 20.3. The van der Waals surface area contributed by atoms with Gasteiger partial charge in [0.1, 0.15) is 5.75 Å². The lowest BCUT2D eigenvalue weighted by Gasteiger charge is -2.08. The number of hydrogen-bond donors (Lipinski definition) is 0. The molecule has 6 nitrogen and oxygen atoms in total. The molecule has 0 fully saturated rings. The fourth-order valence-corrected chi connectivity index (χ4v) is 3.91. The number of aromatic nitrogens is 2. The minimum absolute atomic E-state index is 0.101. The second kappa shape index (κ2) is 8.38. The first kappa shape index (κ1) is 20.4. The monoisotopic (exact) mass is 480 g/mol. The molecule has 0 N–H and O–H groups in total. The summed E-state index contributed by atoms with van der Waals surface area (Å²) in [5.41, 5.74) is 1.28. The number of halogens is 2. The predicted octanol–water partition coefficient (Wildman–Crippen LogP) is 4.39. The van der Waals surface area contributed by atoms with Crippen molar-refractivity contribution >= 4 is 43.3 Å². The van der Waals surface area contributed by atoms with Crippen LogP contribution in [0.2, 0.25) is 5.02 Å². The van der Waals surface area contributed by atoms with Crippen LogP contribution in [0.3, 0.4) is 0 Å². The van der Waals surface area contributed by atoms with Crippen molar-refractivity contribution in [2.75, 3.05) is 0 Å². The molecule has 0 bridgehead atoms. The first-order valence-electron chi connectivity index (χ1n) is 8.03. The van der Waals surface area contributed by atoms with E-state index in [2.05, 4.69) is 25.9 Å². The number of aryl methyl sites for hydroxylation is 1. The van der Waals surface area contributed by atoms with Crippen LogP contribution in [-0.2, 0) is 15.6 Å². The van der Waals surface area contributed by atoms with Crippen molar-refractivity contribution in [3.05, 3.63) is 81.0 Å². The highest BCUT2D eigenvalue weighted by Crippen LogP contribution is 2.21. The minimum Gasteiger partial charge on any atom is -0.422 e. The summed E-state index contributed by atoms with van der Waals surface area (Å²) in [6, 6.07) is 13.6. The fourth-order valence-electron chi connectivity index (χ4n) is 2.27. The first-order chi connectivity index (χ1) is 13.2. The predicted molar refractivity (Wildman–Crippen MR) is 108 cm³/mol. The van der Waals surface area contributed by atoms with E-state index in [4.69, 9.17) is 16.3 Å². The van der Waals surface area contributed by atoms with Crippen LogP contribution in [-0.4, -0.2) is 24.4 Å². The summed E-state index contributed by atoms with van der Waals surface area (Å²) in [6.45, 7) is 1.91. The Labute approximate surface area is 175 Å². The van der Waals surface area contributed by atoms with Crippen LogP contribution in [0.4, 0.5) is 0 Å². The summed E-state index contributed by atoms with van der Waals surface area (Å²) in [5, 5.41) is -0.586. The van der Waals surface area contributed by atoms with Gasteiger partial charge in [0.25, 0.3) is 0 Å². The Morgan fingerprint density at radius 2 is 1.75 bits per heavy atom. The van der Waals surface area contributed by atoms with Gasteiger partial charge in [0.05, 0.1) is 17.0 Å². The van der Waals surface area contributed by atoms with E-state index in [1.807, 2.05) is 19.1 Å². The lowest BCUT2D eigenvalue weighted by atomic mass is 10.2. The Bertz CT molecular complexity index is 1120. The number of sulfone groups is 1. The number of benzene rings is 2. The normalized spacial score (nSPS) is 11.2. The molecule has 1 aromatic heterocycles. The third kappa shape index (κ3) is 4.95. The van der Waals surface area contributed by atoms with Gasteiger partial charge in [0.15, 0.2) is 5.69 Å². The van der Waals surface area contributed by atoms with Crippen LogP contribution in [0.15, 0.2) is 64.4 Å². The lowest BCUT2D eigenvalue weighted by Crippen LogP contribution is -2.16. The summed E-state index contributed by atoms with van der Waals surface area (Å²) < 4.78 is 31.3. The molecule has 0 unspecified atom stereocenters. The van der Waals surface area contributed by atoms with Crippen LogP contribution in [0.1, 0.15) is 21.6 Å². The van der Waals surface area contributed by atoms with E-state index in [0.29, 0.717) is 5.56 Å². The van der Waals surface area contributed by atoms with Crippen LogP contribution < -0.4 is 4.74 Å². The van der Waals surface area contributed by atoms with E-state index < -0.39 is 21.0 Å². The largest absolute Gasteiger partial charge is 0.422 e. The highest BCUT2D eigenvalue weighted by atomic mass is 79.9. The van der Waals surface area contributed by atoms with Crippen LogP contribution in [0.5, 0.6) is 5.75 Å². The topological polar surface area (TPSA) is 86.2 Å². The van der Waals surface area contributed by atoms with Gasteiger partial charge in [0, 0.05) is 4.47 Å². The van der Waals surface area contributed by atoms with Gasteiger partial charge < -0.3 is 4.74 Å². The highest BCUT2D eigenvalue weighted by Gasteiger charge is 2.24. The SMILES string of the molecule is Cc1ccc(CS(=O)(=O)c2ncc(Cl)c(C(=O)Oc3ccc(Br)cc3)n2)cc1. The second-order valence-corrected chi connectivity index (χ2v) is 9.14. The molecule has 0 aliphatic heterocycles. The van der Waals surface area contributed by atoms with Crippen molar-refractivity contribution in [1.29, 1.82) is 0 Å². The molecule has 0 saturated carbocycles. The molecule has 0 amide bonds. The van der Waals surface area contributed by atoms with Gasteiger partial charge in [-0.3, -0.25) is 0 Å². The van der Waals surface area contributed by atoms with Gasteiger partial charge in [-0.05, 0) is 36.8 Å². The van der Waals surface area contributed by atoms with Crippen molar-refractivity contribution < 1.29 is 17.9 Å². The summed E-state index contributed by atoms with van der Waals surface area (Å²) in [4.78, 5) is 20.0. The number of carbonyl (C=O) groups excluding carboxylic acids is 1. The van der Waals surface area contributed by atoms with Gasteiger partial charge in [0.2, 0.25) is 15.0 Å². The van der Waals surface area contributed by atoms with Gasteiger partial charge in [-0.1, -0.05) is 57.4 Å². The van der Waals surface area contributed by atoms with Crippen molar-refractivity contribution in [2.24, 2.45) is 0 Å². The number of hydrogen-bond acceptors (Lipinski definition) is 6. The molecule has 144 valence electrons. The molecule has 0 aliphatic carbocycles. The number of ether oxygens (including phenoxy) is 1. The van der Waals surface area contributed by atoms with Gasteiger partial charge in [-0.2, -0.15) is 0 Å². The van der Waals surface area contributed by atoms with E-state index in [1.165, 1.54) is 0 Å². The minimum atomic E-state index is -3.87. The highest BCUT2D eigenvalue weighted by molar-refractivity contribution is 9.10. The molecule has 1 heterocycles. The molecule has 2 aromatic carbocycles. The summed E-state index contributed by atoms with van der Waals surface area (Å²) >= 11 is 9.26. The molecular formula is C19H14BrClN2O4S. The Morgan fingerprint density at radius 1 is 1.11 bits per heavy atom. The zero-order valence-electron chi connectivity index (χ0n) is 14.6. The molecule has 9 heteroatoms. The van der Waals surface area contributed by atoms with Gasteiger partial charge in [-0.15, -0.1) is 0 Å². The number of esters is 1. The Balaban J connectivity index is 1.86. The quantitative estimate of drug-likeness (QED) is 0.305. The average Bonchev–Trinajstić information content (AvgIpc) is 2.65. The van der Waals surface area contributed by atoms with E-state index in [9.17, 15) is 13.2 Å². The van der Waals surface area contributed by atoms with Crippen LogP contribution in [0.25, 0.3) is 0 Å². The molecule has 3 rings (SSSR count). The van der Waals surface area contributed by atoms with Crippen LogP contribution >= 0.6 is 27.5 Å². The maximum Gasteiger partial charge on any atom is 0.364 e.